The normalized spacial score (nSPS) is 11.6. The summed E-state index contributed by atoms with van der Waals surface area (Å²) in [5.74, 6) is 0.903. The zero-order valence-corrected chi connectivity index (χ0v) is 12.2. The van der Waals surface area contributed by atoms with Crippen LogP contribution in [-0.2, 0) is 16.6 Å². The van der Waals surface area contributed by atoms with Gasteiger partial charge in [-0.05, 0) is 25.8 Å². The SMILES string of the molecule is CCCS(=O)(=O)NCc1cc(C)cc(C)c1OC. The Morgan fingerprint density at radius 3 is 2.50 bits per heavy atom. The third-order valence-corrected chi connectivity index (χ3v) is 4.19. The van der Waals surface area contributed by atoms with Gasteiger partial charge in [0.25, 0.3) is 0 Å². The summed E-state index contributed by atoms with van der Waals surface area (Å²) in [6.45, 7) is 6.05. The zero-order valence-electron chi connectivity index (χ0n) is 11.4. The summed E-state index contributed by atoms with van der Waals surface area (Å²) in [6, 6.07) is 3.96. The summed E-state index contributed by atoms with van der Waals surface area (Å²) in [4.78, 5) is 0. The molecule has 0 amide bonds. The average molecular weight is 271 g/mol. The molecule has 0 saturated carbocycles. The van der Waals surface area contributed by atoms with Gasteiger partial charge >= 0.3 is 0 Å². The molecule has 0 saturated heterocycles. The van der Waals surface area contributed by atoms with E-state index in [2.05, 4.69) is 4.72 Å². The lowest BCUT2D eigenvalue weighted by molar-refractivity contribution is 0.406. The van der Waals surface area contributed by atoms with E-state index in [1.807, 2.05) is 32.9 Å². The minimum Gasteiger partial charge on any atom is -0.496 e. The van der Waals surface area contributed by atoms with Gasteiger partial charge in [0.2, 0.25) is 10.0 Å². The van der Waals surface area contributed by atoms with E-state index < -0.39 is 10.0 Å². The number of benzene rings is 1. The second-order valence-corrected chi connectivity index (χ2v) is 6.34. The van der Waals surface area contributed by atoms with Crippen molar-refractivity contribution in [1.29, 1.82) is 0 Å². The number of nitrogens with one attached hydrogen (secondary N) is 1. The van der Waals surface area contributed by atoms with E-state index in [4.69, 9.17) is 4.74 Å². The molecule has 1 aromatic rings. The minimum atomic E-state index is -3.19. The van der Waals surface area contributed by atoms with Crippen molar-refractivity contribution in [2.24, 2.45) is 0 Å². The predicted octanol–water partition coefficient (Wildman–Crippen LogP) is 2.14. The van der Waals surface area contributed by atoms with E-state index in [1.54, 1.807) is 7.11 Å². The standard InChI is InChI=1S/C13H21NO3S/c1-5-6-18(15,16)14-9-12-8-10(2)7-11(3)13(12)17-4/h7-8,14H,5-6,9H2,1-4H3. The quantitative estimate of drug-likeness (QED) is 0.862. The largest absolute Gasteiger partial charge is 0.496 e. The fourth-order valence-electron chi connectivity index (χ4n) is 1.99. The summed E-state index contributed by atoms with van der Waals surface area (Å²) in [6.07, 6.45) is 0.610. The molecule has 0 aliphatic heterocycles. The number of hydrogen-bond acceptors (Lipinski definition) is 3. The van der Waals surface area contributed by atoms with E-state index >= 15 is 0 Å². The van der Waals surface area contributed by atoms with Crippen LogP contribution in [0.3, 0.4) is 0 Å². The van der Waals surface area contributed by atoms with Crippen LogP contribution in [-0.4, -0.2) is 21.3 Å². The van der Waals surface area contributed by atoms with Crippen LogP contribution in [0.4, 0.5) is 0 Å². The van der Waals surface area contributed by atoms with Gasteiger partial charge in [0.15, 0.2) is 0 Å². The topological polar surface area (TPSA) is 55.4 Å². The predicted molar refractivity (Wildman–Crippen MR) is 73.4 cm³/mol. The van der Waals surface area contributed by atoms with Gasteiger partial charge in [0.1, 0.15) is 5.75 Å². The van der Waals surface area contributed by atoms with Crippen LogP contribution in [0.2, 0.25) is 0 Å². The molecule has 18 heavy (non-hydrogen) atoms. The van der Waals surface area contributed by atoms with E-state index in [9.17, 15) is 8.42 Å². The van der Waals surface area contributed by atoms with Crippen molar-refractivity contribution in [1.82, 2.24) is 4.72 Å². The zero-order chi connectivity index (χ0) is 13.8. The second kappa shape index (κ2) is 6.20. The maximum absolute atomic E-state index is 11.6. The Kier molecular flexibility index (Phi) is 5.16. The maximum Gasteiger partial charge on any atom is 0.211 e. The molecule has 0 aliphatic rings. The van der Waals surface area contributed by atoms with Crippen LogP contribution >= 0.6 is 0 Å². The molecule has 0 unspecified atom stereocenters. The second-order valence-electron chi connectivity index (χ2n) is 4.41. The monoisotopic (exact) mass is 271 g/mol. The highest BCUT2D eigenvalue weighted by Gasteiger charge is 2.12. The van der Waals surface area contributed by atoms with Crippen molar-refractivity contribution < 1.29 is 13.2 Å². The molecule has 1 rings (SSSR count). The molecule has 0 spiro atoms. The first-order valence-corrected chi connectivity index (χ1v) is 7.66. The number of methoxy groups -OCH3 is 1. The summed E-state index contributed by atoms with van der Waals surface area (Å²) in [7, 11) is -1.59. The van der Waals surface area contributed by atoms with Crippen molar-refractivity contribution in [3.63, 3.8) is 0 Å². The lowest BCUT2D eigenvalue weighted by Crippen LogP contribution is -2.26. The number of aryl methyl sites for hydroxylation is 2. The Bertz CT molecular complexity index is 509. The highest BCUT2D eigenvalue weighted by molar-refractivity contribution is 7.89. The Labute approximate surface area is 109 Å². The molecule has 0 bridgehead atoms. The maximum atomic E-state index is 11.6. The van der Waals surface area contributed by atoms with Gasteiger partial charge in [0.05, 0.1) is 12.9 Å². The molecule has 5 heteroatoms. The van der Waals surface area contributed by atoms with Crippen molar-refractivity contribution in [3.05, 3.63) is 28.8 Å². The van der Waals surface area contributed by atoms with Crippen molar-refractivity contribution in [3.8, 4) is 5.75 Å². The molecule has 0 fully saturated rings. The molecule has 1 N–H and O–H groups in total. The Morgan fingerprint density at radius 1 is 1.28 bits per heavy atom. The third-order valence-electron chi connectivity index (χ3n) is 2.66. The number of sulfonamides is 1. The van der Waals surface area contributed by atoms with Crippen LogP contribution < -0.4 is 9.46 Å². The fourth-order valence-corrected chi connectivity index (χ4v) is 3.05. The number of rotatable bonds is 6. The Morgan fingerprint density at radius 2 is 1.94 bits per heavy atom. The molecule has 4 nitrogen and oxygen atoms in total. The molecule has 0 aromatic heterocycles. The lowest BCUT2D eigenvalue weighted by Gasteiger charge is -2.13. The van der Waals surface area contributed by atoms with E-state index in [0.29, 0.717) is 6.42 Å². The molecule has 0 aliphatic carbocycles. The van der Waals surface area contributed by atoms with Gasteiger partial charge in [-0.1, -0.05) is 24.6 Å². The smallest absolute Gasteiger partial charge is 0.211 e. The number of ether oxygens (including phenoxy) is 1. The van der Waals surface area contributed by atoms with Gasteiger partial charge in [-0.25, -0.2) is 13.1 Å². The summed E-state index contributed by atoms with van der Waals surface area (Å²) in [5, 5.41) is 0. The Hall–Kier alpha value is -1.07. The minimum absolute atomic E-state index is 0.153. The first-order valence-electron chi connectivity index (χ1n) is 6.01. The first kappa shape index (κ1) is 15.0. The van der Waals surface area contributed by atoms with Crippen molar-refractivity contribution in [2.75, 3.05) is 12.9 Å². The van der Waals surface area contributed by atoms with Gasteiger partial charge in [-0.3, -0.25) is 0 Å². The van der Waals surface area contributed by atoms with Gasteiger partial charge in [-0.15, -0.1) is 0 Å². The fraction of sp³-hybridized carbons (Fsp3) is 0.538. The average Bonchev–Trinajstić information content (AvgIpc) is 2.26. The lowest BCUT2D eigenvalue weighted by atomic mass is 10.1. The van der Waals surface area contributed by atoms with E-state index in [0.717, 1.165) is 22.4 Å². The summed E-state index contributed by atoms with van der Waals surface area (Å²) in [5.41, 5.74) is 2.98. The van der Waals surface area contributed by atoms with Crippen LogP contribution in [0.15, 0.2) is 12.1 Å². The van der Waals surface area contributed by atoms with Gasteiger partial charge in [-0.2, -0.15) is 0 Å². The summed E-state index contributed by atoms with van der Waals surface area (Å²) >= 11 is 0. The number of hydrogen-bond donors (Lipinski definition) is 1. The van der Waals surface area contributed by atoms with Crippen molar-refractivity contribution >= 4 is 10.0 Å². The van der Waals surface area contributed by atoms with E-state index in [-0.39, 0.29) is 12.3 Å². The molecule has 0 heterocycles. The van der Waals surface area contributed by atoms with Gasteiger partial charge < -0.3 is 4.74 Å². The van der Waals surface area contributed by atoms with E-state index in [1.165, 1.54) is 0 Å². The molecule has 102 valence electrons. The molecule has 0 radical (unpaired) electrons. The highest BCUT2D eigenvalue weighted by atomic mass is 32.2. The molecule has 0 atom stereocenters. The first-order chi connectivity index (χ1) is 8.39. The summed E-state index contributed by atoms with van der Waals surface area (Å²) < 4.78 is 31.2. The molecule has 1 aromatic carbocycles. The van der Waals surface area contributed by atoms with Crippen LogP contribution in [0.1, 0.15) is 30.0 Å². The van der Waals surface area contributed by atoms with Crippen LogP contribution in [0, 0.1) is 13.8 Å². The van der Waals surface area contributed by atoms with Crippen LogP contribution in [0.25, 0.3) is 0 Å². The van der Waals surface area contributed by atoms with Crippen LogP contribution in [0.5, 0.6) is 5.75 Å². The Balaban J connectivity index is 2.91. The molecular formula is C13H21NO3S. The van der Waals surface area contributed by atoms with Gasteiger partial charge in [0, 0.05) is 12.1 Å². The van der Waals surface area contributed by atoms with Crippen molar-refractivity contribution in [2.45, 2.75) is 33.7 Å². The third kappa shape index (κ3) is 3.99. The molecular weight excluding hydrogens is 250 g/mol. The highest BCUT2D eigenvalue weighted by Crippen LogP contribution is 2.25.